The van der Waals surface area contributed by atoms with Gasteiger partial charge in [-0.05, 0) is 66.2 Å². The van der Waals surface area contributed by atoms with Crippen LogP contribution in [0.1, 0.15) is 65.0 Å². The summed E-state index contributed by atoms with van der Waals surface area (Å²) in [5, 5.41) is 10.5. The quantitative estimate of drug-likeness (QED) is 0.599. The van der Waals surface area contributed by atoms with E-state index in [4.69, 9.17) is 14.2 Å². The number of carbonyl (C=O) groups is 1. The zero-order chi connectivity index (χ0) is 23.6. The topological polar surface area (TPSA) is 71.8 Å². The fourth-order valence-corrected chi connectivity index (χ4v) is 5.59. The maximum Gasteiger partial charge on any atom is 0.411 e. The van der Waals surface area contributed by atoms with Crippen molar-refractivity contribution in [1.29, 1.82) is 5.26 Å². The molecule has 1 heterocycles. The molecule has 2 aliphatic rings. The predicted molar refractivity (Wildman–Crippen MR) is 124 cm³/mol. The Morgan fingerprint density at radius 2 is 1.81 bits per heavy atom. The van der Waals surface area contributed by atoms with E-state index < -0.39 is 5.54 Å². The fourth-order valence-electron chi connectivity index (χ4n) is 5.59. The fraction of sp³-hybridized carbons (Fsp3) is 0.692. The van der Waals surface area contributed by atoms with Crippen molar-refractivity contribution in [1.82, 2.24) is 4.90 Å². The van der Waals surface area contributed by atoms with Gasteiger partial charge in [-0.3, -0.25) is 4.90 Å². The third-order valence-electron chi connectivity index (χ3n) is 7.49. The molecule has 1 aliphatic carbocycles. The van der Waals surface area contributed by atoms with Crippen molar-refractivity contribution >= 4 is 6.09 Å². The van der Waals surface area contributed by atoms with Gasteiger partial charge < -0.3 is 14.2 Å². The van der Waals surface area contributed by atoms with Gasteiger partial charge in [0.1, 0.15) is 6.10 Å². The van der Waals surface area contributed by atoms with E-state index in [9.17, 15) is 10.1 Å². The number of fused-ring (bicyclic) bond motifs is 1. The first-order chi connectivity index (χ1) is 15.2. The number of benzene rings is 1. The molecule has 0 N–H and O–H groups in total. The second kappa shape index (κ2) is 9.60. The summed E-state index contributed by atoms with van der Waals surface area (Å²) in [5.41, 5.74) is 0.680. The molecular weight excluding hydrogens is 404 g/mol. The molecule has 1 unspecified atom stereocenters. The zero-order valence-corrected chi connectivity index (χ0v) is 20.6. The standard InChI is InChI=1S/C26H38N2O4/c1-16(2)20-9-8-18(5)12-22(20)32-25(29)28-11-10-19-13-23(30-6)24(31-7)14-21(19)26(28,15-27)17(3)4/h13-14,16-18,20,22H,8-12H2,1-7H3/t18-,20+,22-,26?/m0/s1. The Hall–Kier alpha value is -2.42. The molecule has 0 radical (unpaired) electrons. The van der Waals surface area contributed by atoms with Crippen LogP contribution >= 0.6 is 0 Å². The zero-order valence-electron chi connectivity index (χ0n) is 20.6. The summed E-state index contributed by atoms with van der Waals surface area (Å²) in [7, 11) is 3.19. The lowest BCUT2D eigenvalue weighted by molar-refractivity contribution is -0.0288. The third kappa shape index (κ3) is 4.14. The van der Waals surface area contributed by atoms with Gasteiger partial charge in [-0.1, -0.05) is 41.0 Å². The molecule has 6 heteroatoms. The molecule has 32 heavy (non-hydrogen) atoms. The predicted octanol–water partition coefficient (Wildman–Crippen LogP) is 5.53. The van der Waals surface area contributed by atoms with Gasteiger partial charge in [-0.25, -0.2) is 4.79 Å². The van der Waals surface area contributed by atoms with E-state index in [2.05, 4.69) is 26.8 Å². The number of rotatable bonds is 5. The van der Waals surface area contributed by atoms with Crippen molar-refractivity contribution in [2.45, 2.75) is 71.9 Å². The van der Waals surface area contributed by atoms with Crippen LogP contribution in [0.25, 0.3) is 0 Å². The van der Waals surface area contributed by atoms with Crippen LogP contribution in [0.15, 0.2) is 12.1 Å². The van der Waals surface area contributed by atoms with Crippen LogP contribution in [0.3, 0.4) is 0 Å². The molecule has 1 aromatic rings. The smallest absolute Gasteiger partial charge is 0.411 e. The molecule has 0 bridgehead atoms. The Labute approximate surface area is 192 Å². The summed E-state index contributed by atoms with van der Waals surface area (Å²) in [4.78, 5) is 15.3. The molecule has 1 amide bonds. The first-order valence-electron chi connectivity index (χ1n) is 11.8. The number of nitrogens with zero attached hydrogens (tertiary/aromatic N) is 2. The highest BCUT2D eigenvalue weighted by Crippen LogP contribution is 2.46. The lowest BCUT2D eigenvalue weighted by atomic mass is 9.74. The molecule has 0 spiro atoms. The van der Waals surface area contributed by atoms with E-state index in [1.807, 2.05) is 26.0 Å². The Kier molecular flexibility index (Phi) is 7.27. The molecular formula is C26H38N2O4. The monoisotopic (exact) mass is 442 g/mol. The minimum atomic E-state index is -1.13. The van der Waals surface area contributed by atoms with E-state index >= 15 is 0 Å². The highest BCUT2D eigenvalue weighted by atomic mass is 16.6. The highest BCUT2D eigenvalue weighted by Gasteiger charge is 2.50. The van der Waals surface area contributed by atoms with E-state index in [0.29, 0.717) is 42.2 Å². The van der Waals surface area contributed by atoms with Crippen LogP contribution in [0.2, 0.25) is 0 Å². The van der Waals surface area contributed by atoms with Gasteiger partial charge >= 0.3 is 6.09 Å². The number of amides is 1. The van der Waals surface area contributed by atoms with E-state index in [0.717, 1.165) is 24.0 Å². The number of hydrogen-bond donors (Lipinski definition) is 0. The molecule has 1 aromatic carbocycles. The molecule has 1 saturated carbocycles. The third-order valence-corrected chi connectivity index (χ3v) is 7.49. The van der Waals surface area contributed by atoms with Crippen LogP contribution in [0.5, 0.6) is 11.5 Å². The van der Waals surface area contributed by atoms with Gasteiger partial charge in [0.15, 0.2) is 17.0 Å². The molecule has 3 rings (SSSR count). The normalized spacial score (nSPS) is 27.6. The minimum absolute atomic E-state index is 0.110. The summed E-state index contributed by atoms with van der Waals surface area (Å²) in [6, 6.07) is 6.29. The largest absolute Gasteiger partial charge is 0.493 e. The van der Waals surface area contributed by atoms with Crippen LogP contribution in [0, 0.1) is 35.0 Å². The molecule has 6 nitrogen and oxygen atoms in total. The van der Waals surface area contributed by atoms with Gasteiger partial charge in [-0.2, -0.15) is 5.26 Å². The maximum atomic E-state index is 13.6. The lowest BCUT2D eigenvalue weighted by Gasteiger charge is -2.47. The van der Waals surface area contributed by atoms with Crippen molar-refractivity contribution in [3.63, 3.8) is 0 Å². The molecule has 4 atom stereocenters. The Balaban J connectivity index is 2.00. The average molecular weight is 443 g/mol. The van der Waals surface area contributed by atoms with Crippen molar-refractivity contribution in [2.24, 2.45) is 23.7 Å². The van der Waals surface area contributed by atoms with E-state index in [1.54, 1.807) is 19.1 Å². The van der Waals surface area contributed by atoms with Gasteiger partial charge in [0.05, 0.1) is 20.3 Å². The van der Waals surface area contributed by atoms with Crippen molar-refractivity contribution in [3.8, 4) is 17.6 Å². The Morgan fingerprint density at radius 3 is 2.38 bits per heavy atom. The van der Waals surface area contributed by atoms with Crippen molar-refractivity contribution < 1.29 is 19.0 Å². The van der Waals surface area contributed by atoms with E-state index in [-0.39, 0.29) is 18.1 Å². The number of hydrogen-bond acceptors (Lipinski definition) is 5. The first kappa shape index (κ1) is 24.2. The SMILES string of the molecule is COc1cc2c(cc1OC)C(C#N)(C(C)C)N(C(=O)O[C@H]1C[C@@H](C)CC[C@@H]1C(C)C)CC2. The molecule has 1 fully saturated rings. The van der Waals surface area contributed by atoms with Crippen LogP contribution in [0.4, 0.5) is 4.79 Å². The Bertz CT molecular complexity index is 875. The minimum Gasteiger partial charge on any atom is -0.493 e. The van der Waals surface area contributed by atoms with Crippen molar-refractivity contribution in [3.05, 3.63) is 23.3 Å². The summed E-state index contributed by atoms with van der Waals surface area (Å²) in [6.07, 6.45) is 3.27. The molecule has 176 valence electrons. The van der Waals surface area contributed by atoms with Crippen LogP contribution in [-0.4, -0.2) is 37.9 Å². The second-order valence-corrected chi connectivity index (χ2v) is 10.0. The highest BCUT2D eigenvalue weighted by molar-refractivity contribution is 5.72. The molecule has 0 aromatic heterocycles. The van der Waals surface area contributed by atoms with E-state index in [1.165, 1.54) is 6.42 Å². The van der Waals surface area contributed by atoms with Gasteiger partial charge in [0, 0.05) is 6.54 Å². The van der Waals surface area contributed by atoms with Crippen LogP contribution in [-0.2, 0) is 16.7 Å². The molecule has 0 saturated heterocycles. The first-order valence-corrected chi connectivity index (χ1v) is 11.8. The molecule has 1 aliphatic heterocycles. The van der Waals surface area contributed by atoms with Gasteiger partial charge in [0.25, 0.3) is 0 Å². The van der Waals surface area contributed by atoms with Crippen LogP contribution < -0.4 is 9.47 Å². The summed E-state index contributed by atoms with van der Waals surface area (Å²) in [5.74, 6) is 2.39. The number of ether oxygens (including phenoxy) is 3. The summed E-state index contributed by atoms with van der Waals surface area (Å²) in [6.45, 7) is 11.0. The number of carbonyl (C=O) groups excluding carboxylic acids is 1. The maximum absolute atomic E-state index is 13.6. The number of nitriles is 1. The van der Waals surface area contributed by atoms with Crippen molar-refractivity contribution in [2.75, 3.05) is 20.8 Å². The van der Waals surface area contributed by atoms with Gasteiger partial charge in [-0.15, -0.1) is 0 Å². The average Bonchev–Trinajstić information content (AvgIpc) is 2.76. The Morgan fingerprint density at radius 1 is 1.16 bits per heavy atom. The lowest BCUT2D eigenvalue weighted by Crippen LogP contribution is -2.56. The van der Waals surface area contributed by atoms with Gasteiger partial charge in [0.2, 0.25) is 0 Å². The summed E-state index contributed by atoms with van der Waals surface area (Å²) < 4.78 is 17.2. The number of methoxy groups -OCH3 is 2. The second-order valence-electron chi connectivity index (χ2n) is 10.0. The summed E-state index contributed by atoms with van der Waals surface area (Å²) >= 11 is 0.